The van der Waals surface area contributed by atoms with Crippen LogP contribution in [0.5, 0.6) is 0 Å². The van der Waals surface area contributed by atoms with Gasteiger partial charge in [-0.05, 0) is 38.0 Å². The van der Waals surface area contributed by atoms with Gasteiger partial charge in [-0.25, -0.2) is 0 Å². The van der Waals surface area contributed by atoms with Crippen LogP contribution in [0.4, 0.5) is 0 Å². The normalized spacial score (nSPS) is 29.2. The minimum Gasteiger partial charge on any atom is -0.354 e. The smallest absolute Gasteiger partial charge is 0.240 e. The van der Waals surface area contributed by atoms with Gasteiger partial charge in [0.25, 0.3) is 0 Å². The molecular formula is C15H23N3O2. The van der Waals surface area contributed by atoms with Crippen molar-refractivity contribution in [3.63, 3.8) is 0 Å². The molecule has 0 aromatic heterocycles. The van der Waals surface area contributed by atoms with Crippen LogP contribution in [0.1, 0.15) is 45.4 Å². The number of piperidine rings is 1. The summed E-state index contributed by atoms with van der Waals surface area (Å²) in [6.07, 6.45) is 4.96. The Bertz CT molecular complexity index is 415. The zero-order valence-electron chi connectivity index (χ0n) is 12.2. The summed E-state index contributed by atoms with van der Waals surface area (Å²) in [5.74, 6) is 0.345. The third-order valence-electron chi connectivity index (χ3n) is 4.38. The molecule has 2 rings (SSSR count). The third-order valence-corrected chi connectivity index (χ3v) is 4.38. The molecule has 0 aromatic rings. The van der Waals surface area contributed by atoms with Gasteiger partial charge in [0, 0.05) is 26.1 Å². The van der Waals surface area contributed by atoms with Crippen LogP contribution < -0.4 is 5.32 Å². The molecule has 110 valence electrons. The fourth-order valence-corrected chi connectivity index (χ4v) is 3.21. The molecule has 1 aliphatic heterocycles. The summed E-state index contributed by atoms with van der Waals surface area (Å²) in [6.45, 7) is 4.06. The van der Waals surface area contributed by atoms with E-state index in [-0.39, 0.29) is 11.8 Å². The fourth-order valence-electron chi connectivity index (χ4n) is 3.21. The second-order valence-electron chi connectivity index (χ2n) is 6.15. The zero-order chi connectivity index (χ0) is 14.6. The molecule has 5 heteroatoms. The van der Waals surface area contributed by atoms with E-state index in [2.05, 4.69) is 11.4 Å². The summed E-state index contributed by atoms with van der Waals surface area (Å²) in [5, 5.41) is 11.9. The van der Waals surface area contributed by atoms with Crippen LogP contribution >= 0.6 is 0 Å². The van der Waals surface area contributed by atoms with Crippen LogP contribution in [-0.2, 0) is 9.59 Å². The third kappa shape index (κ3) is 3.12. The highest BCUT2D eigenvalue weighted by Gasteiger charge is 2.48. The molecule has 1 saturated carbocycles. The highest BCUT2D eigenvalue weighted by atomic mass is 16.2. The van der Waals surface area contributed by atoms with Gasteiger partial charge in [0.2, 0.25) is 11.8 Å². The Kier molecular flexibility index (Phi) is 4.64. The second kappa shape index (κ2) is 6.25. The molecule has 1 N–H and O–H groups in total. The van der Waals surface area contributed by atoms with E-state index in [1.807, 2.05) is 11.8 Å². The number of rotatable bonds is 4. The number of amides is 2. The van der Waals surface area contributed by atoms with Gasteiger partial charge in [0.1, 0.15) is 5.41 Å². The first-order valence-corrected chi connectivity index (χ1v) is 7.55. The van der Waals surface area contributed by atoms with Gasteiger partial charge in [-0.1, -0.05) is 6.92 Å². The maximum absolute atomic E-state index is 12.0. The fraction of sp³-hybridized carbons (Fsp3) is 0.800. The summed E-state index contributed by atoms with van der Waals surface area (Å²) >= 11 is 0. The van der Waals surface area contributed by atoms with Crippen LogP contribution in [0.3, 0.4) is 0 Å². The molecule has 5 nitrogen and oxygen atoms in total. The first-order valence-electron chi connectivity index (χ1n) is 7.55. The SMILES string of the molecule is CC1CC(C#N)(C(=O)NCCC(=O)N2CCCCC2)C1. The molecule has 0 bridgehead atoms. The molecule has 1 heterocycles. The van der Waals surface area contributed by atoms with Gasteiger partial charge in [0.15, 0.2) is 0 Å². The first kappa shape index (κ1) is 14.8. The lowest BCUT2D eigenvalue weighted by Crippen LogP contribution is -2.49. The average molecular weight is 277 g/mol. The van der Waals surface area contributed by atoms with Crippen molar-refractivity contribution < 1.29 is 9.59 Å². The number of nitriles is 1. The van der Waals surface area contributed by atoms with Gasteiger partial charge < -0.3 is 10.2 Å². The van der Waals surface area contributed by atoms with Gasteiger partial charge in [-0.2, -0.15) is 5.26 Å². The van der Waals surface area contributed by atoms with Crippen LogP contribution in [0.25, 0.3) is 0 Å². The molecule has 0 aromatic carbocycles. The summed E-state index contributed by atoms with van der Waals surface area (Å²) in [7, 11) is 0. The van der Waals surface area contributed by atoms with E-state index in [9.17, 15) is 9.59 Å². The lowest BCUT2D eigenvalue weighted by molar-refractivity contribution is -0.134. The summed E-state index contributed by atoms with van der Waals surface area (Å²) in [6, 6.07) is 2.14. The molecule has 0 radical (unpaired) electrons. The second-order valence-corrected chi connectivity index (χ2v) is 6.15. The highest BCUT2D eigenvalue weighted by Crippen LogP contribution is 2.44. The number of carbonyl (C=O) groups excluding carboxylic acids is 2. The number of likely N-dealkylation sites (tertiary alicyclic amines) is 1. The molecule has 1 aliphatic carbocycles. The number of carbonyl (C=O) groups is 2. The van der Waals surface area contributed by atoms with E-state index >= 15 is 0 Å². The van der Waals surface area contributed by atoms with Crippen molar-refractivity contribution in [2.45, 2.75) is 45.4 Å². The van der Waals surface area contributed by atoms with Gasteiger partial charge >= 0.3 is 0 Å². The Morgan fingerprint density at radius 2 is 1.95 bits per heavy atom. The van der Waals surface area contributed by atoms with Crippen LogP contribution in [-0.4, -0.2) is 36.3 Å². The summed E-state index contributed by atoms with van der Waals surface area (Å²) < 4.78 is 0. The Morgan fingerprint density at radius 1 is 1.30 bits per heavy atom. The van der Waals surface area contributed by atoms with Crippen molar-refractivity contribution in [3.05, 3.63) is 0 Å². The molecule has 0 unspecified atom stereocenters. The van der Waals surface area contributed by atoms with E-state index in [0.717, 1.165) is 25.9 Å². The highest BCUT2D eigenvalue weighted by molar-refractivity contribution is 5.87. The Hall–Kier alpha value is -1.57. The van der Waals surface area contributed by atoms with Crippen molar-refractivity contribution in [2.24, 2.45) is 11.3 Å². The maximum atomic E-state index is 12.0. The van der Waals surface area contributed by atoms with Crippen molar-refractivity contribution in [3.8, 4) is 6.07 Å². The molecule has 1 saturated heterocycles. The standard InChI is InChI=1S/C15H23N3O2/c1-12-9-15(10-12,11-16)14(20)17-6-5-13(19)18-7-3-2-4-8-18/h12H,2-10H2,1H3,(H,17,20). The Balaban J connectivity index is 1.71. The van der Waals surface area contributed by atoms with Crippen LogP contribution in [0, 0.1) is 22.7 Å². The quantitative estimate of drug-likeness (QED) is 0.845. The topological polar surface area (TPSA) is 73.2 Å². The number of hydrogen-bond acceptors (Lipinski definition) is 3. The van der Waals surface area contributed by atoms with Crippen molar-refractivity contribution in [1.29, 1.82) is 5.26 Å². The number of nitrogens with zero attached hydrogens (tertiary/aromatic N) is 2. The molecule has 0 spiro atoms. The lowest BCUT2D eigenvalue weighted by Gasteiger charge is -2.39. The molecular weight excluding hydrogens is 254 g/mol. The van der Waals surface area contributed by atoms with E-state index in [4.69, 9.17) is 5.26 Å². The largest absolute Gasteiger partial charge is 0.354 e. The first-order chi connectivity index (χ1) is 9.57. The van der Waals surface area contributed by atoms with Gasteiger partial charge in [-0.15, -0.1) is 0 Å². The minimum atomic E-state index is -0.840. The molecule has 2 aliphatic rings. The minimum absolute atomic E-state index is 0.109. The van der Waals surface area contributed by atoms with Crippen molar-refractivity contribution >= 4 is 11.8 Å². The molecule has 2 fully saturated rings. The molecule has 2 amide bonds. The van der Waals surface area contributed by atoms with Gasteiger partial charge in [-0.3, -0.25) is 9.59 Å². The average Bonchev–Trinajstić information content (AvgIpc) is 2.44. The van der Waals surface area contributed by atoms with E-state index in [1.165, 1.54) is 6.42 Å². The number of hydrogen-bond donors (Lipinski definition) is 1. The van der Waals surface area contributed by atoms with Gasteiger partial charge in [0.05, 0.1) is 6.07 Å². The Morgan fingerprint density at radius 3 is 2.50 bits per heavy atom. The monoisotopic (exact) mass is 277 g/mol. The van der Waals surface area contributed by atoms with Crippen molar-refractivity contribution in [2.75, 3.05) is 19.6 Å². The predicted octanol–water partition coefficient (Wildman–Crippen LogP) is 1.45. The number of nitrogens with one attached hydrogen (secondary N) is 1. The summed E-state index contributed by atoms with van der Waals surface area (Å²) in [4.78, 5) is 25.8. The van der Waals surface area contributed by atoms with Crippen LogP contribution in [0.2, 0.25) is 0 Å². The molecule has 20 heavy (non-hydrogen) atoms. The predicted molar refractivity (Wildman–Crippen MR) is 74.5 cm³/mol. The summed E-state index contributed by atoms with van der Waals surface area (Å²) in [5.41, 5.74) is -0.840. The molecule has 0 atom stereocenters. The van der Waals surface area contributed by atoms with E-state index < -0.39 is 5.41 Å². The van der Waals surface area contributed by atoms with E-state index in [1.54, 1.807) is 0 Å². The Labute approximate surface area is 120 Å². The van der Waals surface area contributed by atoms with Crippen molar-refractivity contribution in [1.82, 2.24) is 10.2 Å². The van der Waals surface area contributed by atoms with E-state index in [0.29, 0.717) is 31.7 Å². The van der Waals surface area contributed by atoms with Crippen LogP contribution in [0.15, 0.2) is 0 Å². The lowest BCUT2D eigenvalue weighted by atomic mass is 9.63. The zero-order valence-corrected chi connectivity index (χ0v) is 12.2. The maximum Gasteiger partial charge on any atom is 0.240 e.